The Morgan fingerprint density at radius 3 is 1.00 bits per heavy atom. The van der Waals surface area contributed by atoms with Gasteiger partial charge in [0.2, 0.25) is 0 Å². The first-order valence-corrected chi connectivity index (χ1v) is 58.5. The topological polar surface area (TPSA) is 165 Å². The van der Waals surface area contributed by atoms with Crippen LogP contribution in [0.25, 0.3) is 44.1 Å². The van der Waals surface area contributed by atoms with Crippen LogP contribution in [0.15, 0.2) is 194 Å². The molecule has 0 atom stereocenters. The Bertz CT molecular complexity index is 6120. The van der Waals surface area contributed by atoms with E-state index in [1.54, 1.807) is 0 Å². The Hall–Kier alpha value is -10.6. The number of aromatic nitrogens is 8. The average Bonchev–Trinajstić information content (AvgIpc) is 1.55. The molecule has 149 heavy (non-hydrogen) atoms. The summed E-state index contributed by atoms with van der Waals surface area (Å²) < 4.78 is 9.63. The van der Waals surface area contributed by atoms with E-state index in [-0.39, 0.29) is 23.6 Å². The Kier molecular flexibility index (Phi) is 44.1. The molecule has 4 heterocycles. The fraction of sp³-hybridized carbons (Fsp3) is 0.566. The van der Waals surface area contributed by atoms with Gasteiger partial charge in [-0.2, -0.15) is 0 Å². The number of hydrogen-bond acceptors (Lipinski definition) is 12. The number of nitrogens with zero attached hydrogens (tertiary/aromatic N) is 16. The van der Waals surface area contributed by atoms with E-state index in [0.717, 1.165) is 197 Å². The molecular weight excluding hydrogens is 1840 g/mol. The third kappa shape index (κ3) is 33.7. The predicted molar refractivity (Wildman–Crippen MR) is 617 cm³/mol. The molecule has 20 heteroatoms. The Balaban J connectivity index is 0.000000157. The van der Waals surface area contributed by atoms with Gasteiger partial charge in [0.05, 0.1) is 70.3 Å². The molecule has 5 aliphatic rings. The number of amides is 4. The van der Waals surface area contributed by atoms with Gasteiger partial charge in [-0.1, -0.05) is 257 Å². The number of benzene rings is 8. The van der Waals surface area contributed by atoms with Gasteiger partial charge in [-0.05, 0) is 318 Å². The van der Waals surface area contributed by atoms with Gasteiger partial charge in [-0.25, -0.2) is 19.9 Å². The molecule has 0 unspecified atom stereocenters. The maximum Gasteiger partial charge on any atom is 0.254 e. The van der Waals surface area contributed by atoms with Crippen molar-refractivity contribution in [3.05, 3.63) is 262 Å². The van der Waals surface area contributed by atoms with Crippen molar-refractivity contribution in [1.82, 2.24) is 77.4 Å². The summed E-state index contributed by atoms with van der Waals surface area (Å²) in [6, 6.07) is 69.0. The first-order chi connectivity index (χ1) is 72.3. The average molecular weight is 2020 g/mol. The highest BCUT2D eigenvalue weighted by Crippen LogP contribution is 2.40. The van der Waals surface area contributed by atoms with Crippen LogP contribution in [-0.2, 0) is 65.4 Å². The van der Waals surface area contributed by atoms with Gasteiger partial charge in [0, 0.05) is 112 Å². The first-order valence-electron chi connectivity index (χ1n) is 58.5. The molecule has 0 saturated heterocycles. The summed E-state index contributed by atoms with van der Waals surface area (Å²) in [5, 5.41) is 0. The zero-order valence-corrected chi connectivity index (χ0v) is 94.3. The summed E-state index contributed by atoms with van der Waals surface area (Å²) in [5.41, 5.74) is 16.9. The van der Waals surface area contributed by atoms with Crippen molar-refractivity contribution in [2.24, 2.45) is 35.5 Å². The lowest BCUT2D eigenvalue weighted by molar-refractivity contribution is 0.0721. The lowest BCUT2D eigenvalue weighted by Crippen LogP contribution is -2.36. The molecule has 20 nitrogen and oxygen atoms in total. The van der Waals surface area contributed by atoms with Gasteiger partial charge in [0.15, 0.2) is 0 Å². The molecule has 0 radical (unpaired) electrons. The third-order valence-electron chi connectivity index (χ3n) is 31.6. The van der Waals surface area contributed by atoms with E-state index in [4.69, 9.17) is 19.9 Å². The number of imidazole rings is 4. The van der Waals surface area contributed by atoms with E-state index in [1.807, 2.05) is 51.1 Å². The monoisotopic (exact) mass is 2020 g/mol. The quantitative estimate of drug-likeness (QED) is 0.0332. The number of rotatable bonds is 52. The highest BCUT2D eigenvalue weighted by Gasteiger charge is 2.34. The zero-order chi connectivity index (χ0) is 105. The molecule has 5 fully saturated rings. The lowest BCUT2D eigenvalue weighted by Gasteiger charge is -2.33. The summed E-state index contributed by atoms with van der Waals surface area (Å²) in [4.78, 5) is 93.9. The van der Waals surface area contributed by atoms with E-state index in [9.17, 15) is 19.2 Å². The summed E-state index contributed by atoms with van der Waals surface area (Å²) in [7, 11) is 4.31. The molecule has 0 aliphatic heterocycles. The predicted octanol–water partition coefficient (Wildman–Crippen LogP) is 29.4. The van der Waals surface area contributed by atoms with Crippen molar-refractivity contribution < 1.29 is 19.2 Å². The van der Waals surface area contributed by atoms with Crippen molar-refractivity contribution >= 4 is 67.8 Å². The van der Waals surface area contributed by atoms with Gasteiger partial charge in [-0.3, -0.25) is 33.9 Å². The van der Waals surface area contributed by atoms with Gasteiger partial charge < -0.3 is 42.8 Å². The molecule has 4 aromatic heterocycles. The fourth-order valence-electron chi connectivity index (χ4n) is 22.0. The van der Waals surface area contributed by atoms with Crippen LogP contribution in [0.2, 0.25) is 0 Å². The number of para-hydroxylation sites is 8. The molecule has 0 spiro atoms. The van der Waals surface area contributed by atoms with Crippen LogP contribution in [0.5, 0.6) is 0 Å². The number of unbranched alkanes of at least 4 members (excludes halogenated alkanes) is 5. The number of carbonyl (C=O) groups is 4. The summed E-state index contributed by atoms with van der Waals surface area (Å²) >= 11 is 0. The smallest absolute Gasteiger partial charge is 0.254 e. The minimum absolute atomic E-state index is 0.102. The van der Waals surface area contributed by atoms with Crippen molar-refractivity contribution in [2.75, 3.05) is 66.5 Å². The van der Waals surface area contributed by atoms with Crippen molar-refractivity contribution in [3.63, 3.8) is 0 Å². The van der Waals surface area contributed by atoms with Crippen LogP contribution in [0.4, 0.5) is 0 Å². The van der Waals surface area contributed by atoms with Crippen LogP contribution in [0, 0.1) is 35.5 Å². The second kappa shape index (κ2) is 57.7. The van der Waals surface area contributed by atoms with E-state index < -0.39 is 0 Å². The molecule has 12 aromatic rings. The van der Waals surface area contributed by atoms with Gasteiger partial charge >= 0.3 is 0 Å². The van der Waals surface area contributed by atoms with E-state index in [1.165, 1.54) is 205 Å². The molecule has 5 aliphatic carbocycles. The molecule has 4 amide bonds. The van der Waals surface area contributed by atoms with Gasteiger partial charge in [0.1, 0.15) is 23.3 Å². The summed E-state index contributed by atoms with van der Waals surface area (Å²) in [6.45, 7) is 46.3. The highest BCUT2D eigenvalue weighted by atomic mass is 16.2. The largest absolute Gasteiger partial charge is 0.331 e. The number of fused-ring (bicyclic) bond motifs is 4. The maximum absolute atomic E-state index is 14.1. The summed E-state index contributed by atoms with van der Waals surface area (Å²) in [6.07, 6.45) is 35.6. The van der Waals surface area contributed by atoms with Crippen LogP contribution < -0.4 is 0 Å². The second-order valence-electron chi connectivity index (χ2n) is 46.4. The molecular formula is C129H184N16O4. The van der Waals surface area contributed by atoms with E-state index in [0.29, 0.717) is 74.0 Å². The molecule has 0 N–H and O–H groups in total. The van der Waals surface area contributed by atoms with Crippen molar-refractivity contribution in [1.29, 1.82) is 0 Å². The van der Waals surface area contributed by atoms with Gasteiger partial charge in [0.25, 0.3) is 23.6 Å². The normalized spacial score (nSPS) is 14.8. The molecule has 17 rings (SSSR count). The third-order valence-corrected chi connectivity index (χ3v) is 31.6. The number of carbonyl (C=O) groups excluding carboxylic acids is 4. The SMILES string of the molecule is CC(C)CCN(Cc1nc2ccccc2n1C1CCCC1)C(=O)c1cccc(CN(C)C(C)C)c1.CCCCCCN(C)Cc1cccc(C(=O)N(CCC(C)C)Cc2nc3ccccc3n2CC2CC2)c1.CCCCN(CCCC)Cc1cccc(C(=O)N(CCC(C)C)Cc2nc3ccccc3n2CC2CC2)c1.CCN(Cc1cccc(C(=O)N(CCC(C)C)Cc2nc3ccccc3n2C2CCCC2)c1)C1CCCCC1. The Labute approximate surface area is 895 Å². The van der Waals surface area contributed by atoms with Crippen molar-refractivity contribution in [3.8, 4) is 0 Å². The standard InChI is InChI=1S/C34H48N4O.C33H48N4O.C32H46N4O.C30H42N4O/c1-4-36(29-15-6-5-7-16-29)24-27-13-12-14-28(23-27)34(39)37(22-21-26(2)3)25-33-35-31-19-10-11-20-32(31)38(33)30-17-8-9-18-30;1-5-7-19-35(20-8-6-2)23-28-12-11-13-29(22-28)33(38)36(21-18-26(3)4)25-32-34-30-14-9-10-15-31(30)37(32)24-27-16-17-27;1-5-6-7-10-19-34(4)22-27-12-11-13-28(21-27)32(37)35(20-18-25(2)3)24-31-33-29-14-8-9-15-30(29)36(31)23-26-16-17-26;1-22(2)17-18-33(30(35)25-12-10-11-24(19-25)20-32(5)23(3)4)21-29-31-27-15-8-9-16-28(27)34(29)26-13-6-7-14-26/h10-14,19-20,23,26,29-30H,4-9,15-18,21-22,24-25H2,1-3H3;9-15,22,26-27H,5-8,16-21,23-25H2,1-4H3;8-9,11-15,21,25-26H,5-7,10,16-20,22-24H2,1-4H3;8-12,15-16,19,22-23,26H,6-7,13-14,17-18,20-21H2,1-5H3. The maximum atomic E-state index is 14.1. The number of hydrogen-bond donors (Lipinski definition) is 0. The van der Waals surface area contributed by atoms with E-state index in [2.05, 4.69) is 312 Å². The second-order valence-corrected chi connectivity index (χ2v) is 46.4. The highest BCUT2D eigenvalue weighted by molar-refractivity contribution is 5.97. The minimum Gasteiger partial charge on any atom is -0.331 e. The molecule has 5 saturated carbocycles. The fourth-order valence-corrected chi connectivity index (χ4v) is 22.0. The van der Waals surface area contributed by atoms with Crippen molar-refractivity contribution in [2.45, 2.75) is 373 Å². The van der Waals surface area contributed by atoms with Crippen LogP contribution in [-0.4, -0.2) is 180 Å². The summed E-state index contributed by atoms with van der Waals surface area (Å²) in [5.74, 6) is 8.15. The minimum atomic E-state index is 0.102. The Morgan fingerprint density at radius 2 is 0.644 bits per heavy atom. The molecule has 804 valence electrons. The molecule has 8 aromatic carbocycles. The first kappa shape index (κ1) is 114. The Morgan fingerprint density at radius 1 is 0.315 bits per heavy atom. The van der Waals surface area contributed by atoms with Gasteiger partial charge in [-0.15, -0.1) is 0 Å². The van der Waals surface area contributed by atoms with Crippen LogP contribution in [0.3, 0.4) is 0 Å². The van der Waals surface area contributed by atoms with Crippen LogP contribution in [0.1, 0.15) is 382 Å². The lowest BCUT2D eigenvalue weighted by atomic mass is 9.94. The zero-order valence-electron chi connectivity index (χ0n) is 94.3. The molecule has 0 bridgehead atoms. The van der Waals surface area contributed by atoms with Crippen LogP contribution >= 0.6 is 0 Å². The van der Waals surface area contributed by atoms with E-state index >= 15 is 0 Å².